The van der Waals surface area contributed by atoms with E-state index in [4.69, 9.17) is 4.42 Å². The summed E-state index contributed by atoms with van der Waals surface area (Å²) in [6.07, 6.45) is 0. The molecule has 9 heteroatoms. The van der Waals surface area contributed by atoms with Crippen LogP contribution in [-0.2, 0) is 0 Å². The molecule has 0 aliphatic heterocycles. The van der Waals surface area contributed by atoms with Gasteiger partial charge in [-0.3, -0.25) is 0 Å². The average Bonchev–Trinajstić information content (AvgIpc) is 3.56. The molecule has 0 amide bonds. The maximum absolute atomic E-state index is 6.93. The second-order valence-electron chi connectivity index (χ2n) is 14.3. The molecule has 9 aromatic rings. The molecule has 8 aromatic carbocycles. The summed E-state index contributed by atoms with van der Waals surface area (Å²) in [5.41, 5.74) is 18.5. The zero-order chi connectivity index (χ0) is 35.3. The van der Waals surface area contributed by atoms with Gasteiger partial charge in [-0.25, -0.2) is 0 Å². The molecule has 1 heterocycles. The van der Waals surface area contributed by atoms with Gasteiger partial charge in [0.15, 0.2) is 0 Å². The van der Waals surface area contributed by atoms with Crippen LogP contribution < -0.4 is 38.2 Å². The van der Waals surface area contributed by atoms with Crippen LogP contribution in [0.15, 0.2) is 118 Å². The number of hydrogen-bond acceptors (Lipinski definition) is 1. The van der Waals surface area contributed by atoms with Crippen LogP contribution in [0.4, 0.5) is 0 Å². The molecule has 0 atom stereocenters. The Balaban J connectivity index is 1.37. The second kappa shape index (κ2) is 11.9. The van der Waals surface area contributed by atoms with E-state index in [1.54, 1.807) is 0 Å². The molecule has 0 unspecified atom stereocenters. The highest BCUT2D eigenvalue weighted by molar-refractivity contribution is 9.10. The molecule has 0 N–H and O–H groups in total. The molecule has 0 spiro atoms. The van der Waals surface area contributed by atoms with Gasteiger partial charge in [-0.2, -0.15) is 0 Å². The van der Waals surface area contributed by atoms with E-state index in [9.17, 15) is 0 Å². The standard InChI is InChI=1S/C42H32B7BrO/c43-34-31(32-33-35(44)36(45)38(47)40(49)42(33)51-41(32)39(48)37(34)46)30-25-11-5-3-9-23(25)28(24-10-4-6-12-26(24)30)20-13-15-21(16-14-20)29-22-8-2-1-7-19(22)17-18-27(29)50/h1-18H,43-49H2. The molecule has 0 radical (unpaired) electrons. The van der Waals surface area contributed by atoms with Crippen molar-refractivity contribution in [2.75, 3.05) is 0 Å². The van der Waals surface area contributed by atoms with Crippen LogP contribution >= 0.6 is 15.9 Å². The Morgan fingerprint density at radius 2 is 0.804 bits per heavy atom. The quantitative estimate of drug-likeness (QED) is 0.194. The van der Waals surface area contributed by atoms with Crippen molar-refractivity contribution in [3.63, 3.8) is 0 Å². The summed E-state index contributed by atoms with van der Waals surface area (Å²) in [6, 6.07) is 40.1. The third kappa shape index (κ3) is 4.63. The molecule has 234 valence electrons. The highest BCUT2D eigenvalue weighted by Gasteiger charge is 2.26. The van der Waals surface area contributed by atoms with Crippen LogP contribution in [0.2, 0.25) is 0 Å². The number of furan rings is 1. The van der Waals surface area contributed by atoms with Gasteiger partial charge in [-0.15, -0.1) is 5.46 Å². The van der Waals surface area contributed by atoms with E-state index in [2.05, 4.69) is 180 Å². The largest absolute Gasteiger partial charge is 0.457 e. The van der Waals surface area contributed by atoms with E-state index >= 15 is 0 Å². The van der Waals surface area contributed by atoms with Crippen molar-refractivity contribution < 1.29 is 4.42 Å². The van der Waals surface area contributed by atoms with Crippen LogP contribution in [-0.4, -0.2) is 54.9 Å². The lowest BCUT2D eigenvalue weighted by molar-refractivity contribution is 0.675. The number of benzene rings is 8. The fourth-order valence-electron chi connectivity index (χ4n) is 8.67. The smallest absolute Gasteiger partial charge is 0.143 e. The minimum Gasteiger partial charge on any atom is -0.457 e. The lowest BCUT2D eigenvalue weighted by Gasteiger charge is -2.22. The average molecular weight is 708 g/mol. The predicted molar refractivity (Wildman–Crippen MR) is 247 cm³/mol. The Kier molecular flexibility index (Phi) is 7.53. The van der Waals surface area contributed by atoms with E-state index < -0.39 is 0 Å². The van der Waals surface area contributed by atoms with Crippen molar-refractivity contribution in [1.82, 2.24) is 0 Å². The number of rotatable bonds is 3. The van der Waals surface area contributed by atoms with Crippen molar-refractivity contribution in [2.45, 2.75) is 0 Å². The Morgan fingerprint density at radius 3 is 1.39 bits per heavy atom. The zero-order valence-corrected chi connectivity index (χ0v) is 31.8. The molecule has 1 aromatic heterocycles. The molecule has 0 fully saturated rings. The van der Waals surface area contributed by atoms with Gasteiger partial charge in [-0.05, 0) is 66.2 Å². The van der Waals surface area contributed by atoms with Crippen LogP contribution in [0.5, 0.6) is 0 Å². The molecule has 1 nitrogen and oxygen atoms in total. The fraction of sp³-hybridized carbons (Fsp3) is 0. The number of fused-ring (bicyclic) bond motifs is 6. The van der Waals surface area contributed by atoms with Crippen molar-refractivity contribution in [3.05, 3.63) is 114 Å². The maximum Gasteiger partial charge on any atom is 0.143 e. The van der Waals surface area contributed by atoms with E-state index in [0.29, 0.717) is 0 Å². The van der Waals surface area contributed by atoms with E-state index in [1.807, 2.05) is 0 Å². The van der Waals surface area contributed by atoms with Crippen LogP contribution in [0.25, 0.3) is 87.6 Å². The first-order valence-corrected chi connectivity index (χ1v) is 18.6. The van der Waals surface area contributed by atoms with Gasteiger partial charge in [0, 0.05) is 20.8 Å². The fourth-order valence-corrected chi connectivity index (χ4v) is 9.24. The lowest BCUT2D eigenvalue weighted by atomic mass is 9.64. The second-order valence-corrected chi connectivity index (χ2v) is 15.2. The Labute approximate surface area is 313 Å². The Morgan fingerprint density at radius 1 is 0.353 bits per heavy atom. The summed E-state index contributed by atoms with van der Waals surface area (Å²) in [4.78, 5) is 0. The minimum atomic E-state index is 1.01. The van der Waals surface area contributed by atoms with Gasteiger partial charge in [0.25, 0.3) is 0 Å². The van der Waals surface area contributed by atoms with Gasteiger partial charge >= 0.3 is 0 Å². The Hall–Kier alpha value is -4.73. The van der Waals surface area contributed by atoms with Crippen LogP contribution in [0, 0.1) is 0 Å². The molecular formula is C42H32B7BrO. The van der Waals surface area contributed by atoms with E-state index in [-0.39, 0.29) is 0 Å². The first-order chi connectivity index (χ1) is 24.7. The number of halogens is 1. The van der Waals surface area contributed by atoms with Crippen LogP contribution in [0.1, 0.15) is 0 Å². The van der Waals surface area contributed by atoms with Gasteiger partial charge in [-0.1, -0.05) is 152 Å². The predicted octanol–water partition coefficient (Wildman–Crippen LogP) is 0.618. The van der Waals surface area contributed by atoms with E-state index in [1.165, 1.54) is 115 Å². The normalized spacial score (nSPS) is 11.8. The molecule has 9 rings (SSSR count). The number of hydrogen-bond donors (Lipinski definition) is 0. The molecule has 0 saturated carbocycles. The molecule has 0 aliphatic rings. The summed E-state index contributed by atoms with van der Waals surface area (Å²) >= 11 is 3.87. The van der Waals surface area contributed by atoms with Crippen molar-refractivity contribution in [1.29, 1.82) is 0 Å². The molecule has 51 heavy (non-hydrogen) atoms. The highest BCUT2D eigenvalue weighted by atomic mass is 79.9. The first-order valence-electron chi connectivity index (χ1n) is 17.8. The third-order valence-corrected chi connectivity index (χ3v) is 12.6. The van der Waals surface area contributed by atoms with Crippen molar-refractivity contribution >= 4 is 163 Å². The first kappa shape index (κ1) is 32.2. The third-order valence-electron chi connectivity index (χ3n) is 11.9. The molecule has 0 aliphatic carbocycles. The topological polar surface area (TPSA) is 13.1 Å². The van der Waals surface area contributed by atoms with Gasteiger partial charge in [0.2, 0.25) is 0 Å². The molecule has 0 bridgehead atoms. The summed E-state index contributed by atoms with van der Waals surface area (Å²) < 4.78 is 8.03. The zero-order valence-electron chi connectivity index (χ0n) is 30.2. The minimum absolute atomic E-state index is 1.01. The Bertz CT molecular complexity index is 2890. The lowest BCUT2D eigenvalue weighted by Crippen LogP contribution is -2.47. The SMILES string of the molecule is Bc1c(B)c(B)c2c(oc3c(B)c(B)c(B)c(-c4c5ccccc5c(-c5ccc(-c6c(Br)ccc7ccccc67)cc5)c5ccccc45)c32)c1B. The maximum atomic E-state index is 6.93. The van der Waals surface area contributed by atoms with E-state index in [0.717, 1.165) is 15.6 Å². The summed E-state index contributed by atoms with van der Waals surface area (Å²) in [5.74, 6) is 0. The van der Waals surface area contributed by atoms with Gasteiger partial charge < -0.3 is 4.42 Å². The summed E-state index contributed by atoms with van der Waals surface area (Å²) in [5, 5.41) is 10.00. The molecular weight excluding hydrogens is 676 g/mol. The van der Waals surface area contributed by atoms with Gasteiger partial charge in [0.1, 0.15) is 66.1 Å². The monoisotopic (exact) mass is 708 g/mol. The van der Waals surface area contributed by atoms with Crippen LogP contribution in [0.3, 0.4) is 0 Å². The van der Waals surface area contributed by atoms with Gasteiger partial charge in [0.05, 0.1) is 0 Å². The summed E-state index contributed by atoms with van der Waals surface area (Å²) in [6.45, 7) is 0. The summed E-state index contributed by atoms with van der Waals surface area (Å²) in [7, 11) is 15.8. The van der Waals surface area contributed by atoms with Crippen molar-refractivity contribution in [3.8, 4) is 33.4 Å². The van der Waals surface area contributed by atoms with Crippen molar-refractivity contribution in [2.24, 2.45) is 0 Å². The molecule has 0 saturated heterocycles. The highest BCUT2D eigenvalue weighted by Crippen LogP contribution is 2.46.